The Morgan fingerprint density at radius 3 is 2.16 bits per heavy atom. The number of unbranched alkanes of at least 4 members (excludes halogenated alkanes) is 3. The van der Waals surface area contributed by atoms with Crippen LogP contribution in [0.4, 0.5) is 5.69 Å². The van der Waals surface area contributed by atoms with Crippen LogP contribution in [0.1, 0.15) is 83.0 Å². The summed E-state index contributed by atoms with van der Waals surface area (Å²) in [6.45, 7) is 8.28. The van der Waals surface area contributed by atoms with Crippen LogP contribution in [0.3, 0.4) is 0 Å². The fraction of sp³-hybridized carbons (Fsp3) is 0.619. The predicted molar refractivity (Wildman–Crippen MR) is 105 cm³/mol. The summed E-state index contributed by atoms with van der Waals surface area (Å²) in [5, 5.41) is 5.96. The highest BCUT2D eigenvalue weighted by Crippen LogP contribution is 2.14. The highest BCUT2D eigenvalue weighted by atomic mass is 16.2. The molecule has 0 aromatic heterocycles. The van der Waals surface area contributed by atoms with Crippen molar-refractivity contribution in [2.45, 2.75) is 78.7 Å². The zero-order valence-electron chi connectivity index (χ0n) is 16.2. The molecule has 0 saturated carbocycles. The van der Waals surface area contributed by atoms with Crippen molar-refractivity contribution >= 4 is 17.5 Å². The number of benzene rings is 1. The molecule has 1 aromatic rings. The van der Waals surface area contributed by atoms with Crippen molar-refractivity contribution in [2.75, 3.05) is 5.32 Å². The summed E-state index contributed by atoms with van der Waals surface area (Å²) in [6.07, 6.45) is 7.52. The van der Waals surface area contributed by atoms with Crippen LogP contribution in [-0.4, -0.2) is 17.9 Å². The topological polar surface area (TPSA) is 58.2 Å². The number of anilines is 1. The lowest BCUT2D eigenvalue weighted by atomic mass is 10.0. The number of rotatable bonds is 11. The Hall–Kier alpha value is -1.84. The van der Waals surface area contributed by atoms with Crippen molar-refractivity contribution in [1.29, 1.82) is 0 Å². The second kappa shape index (κ2) is 11.7. The Kier molecular flexibility index (Phi) is 9.90. The van der Waals surface area contributed by atoms with E-state index in [1.54, 1.807) is 24.3 Å². The van der Waals surface area contributed by atoms with Crippen LogP contribution >= 0.6 is 0 Å². The molecule has 2 N–H and O–H groups in total. The maximum atomic E-state index is 12.3. The van der Waals surface area contributed by atoms with Crippen molar-refractivity contribution in [3.63, 3.8) is 0 Å². The van der Waals surface area contributed by atoms with Gasteiger partial charge in [-0.15, -0.1) is 0 Å². The van der Waals surface area contributed by atoms with Crippen LogP contribution in [-0.2, 0) is 4.79 Å². The van der Waals surface area contributed by atoms with E-state index in [1.807, 2.05) is 20.8 Å². The molecular formula is C21H34N2O2. The molecule has 0 bridgehead atoms. The van der Waals surface area contributed by atoms with E-state index in [9.17, 15) is 9.59 Å². The van der Waals surface area contributed by atoms with Gasteiger partial charge in [0.2, 0.25) is 5.91 Å². The summed E-state index contributed by atoms with van der Waals surface area (Å²) in [6, 6.07) is 7.30. The van der Waals surface area contributed by atoms with Gasteiger partial charge in [-0.25, -0.2) is 0 Å². The summed E-state index contributed by atoms with van der Waals surface area (Å²) >= 11 is 0. The highest BCUT2D eigenvalue weighted by Gasteiger charge is 2.14. The van der Waals surface area contributed by atoms with Crippen LogP contribution in [0.5, 0.6) is 0 Å². The highest BCUT2D eigenvalue weighted by molar-refractivity contribution is 5.96. The van der Waals surface area contributed by atoms with Crippen LogP contribution in [0, 0.1) is 5.92 Å². The minimum atomic E-state index is -0.0548. The second-order valence-corrected chi connectivity index (χ2v) is 6.80. The molecule has 0 heterocycles. The molecule has 0 fully saturated rings. The molecule has 0 spiro atoms. The van der Waals surface area contributed by atoms with Gasteiger partial charge < -0.3 is 10.6 Å². The Bertz CT molecular complexity index is 521. The normalized spacial score (nSPS) is 12.0. The van der Waals surface area contributed by atoms with Gasteiger partial charge in [0, 0.05) is 23.2 Å². The SMILES string of the molecule is CCCCCCC(C)NC(=O)c1ccc(NC(=O)C(CC)CC)cc1. The van der Waals surface area contributed by atoms with Gasteiger partial charge in [-0.05, 0) is 50.5 Å². The first kappa shape index (κ1) is 21.2. The molecule has 1 aromatic carbocycles. The first-order chi connectivity index (χ1) is 12.0. The van der Waals surface area contributed by atoms with E-state index in [1.165, 1.54) is 19.3 Å². The van der Waals surface area contributed by atoms with Gasteiger partial charge in [-0.3, -0.25) is 9.59 Å². The number of hydrogen-bond acceptors (Lipinski definition) is 2. The van der Waals surface area contributed by atoms with Crippen molar-refractivity contribution in [2.24, 2.45) is 5.92 Å². The number of carbonyl (C=O) groups excluding carboxylic acids is 2. The van der Waals surface area contributed by atoms with Crippen molar-refractivity contribution < 1.29 is 9.59 Å². The third kappa shape index (κ3) is 7.72. The molecule has 0 saturated heterocycles. The Morgan fingerprint density at radius 2 is 1.60 bits per heavy atom. The van der Waals surface area contributed by atoms with E-state index >= 15 is 0 Å². The molecule has 2 amide bonds. The average Bonchev–Trinajstić information content (AvgIpc) is 2.60. The maximum absolute atomic E-state index is 12.3. The number of hydrogen-bond donors (Lipinski definition) is 2. The summed E-state index contributed by atoms with van der Waals surface area (Å²) < 4.78 is 0. The van der Waals surface area contributed by atoms with E-state index in [0.29, 0.717) is 5.56 Å². The molecule has 0 aliphatic heterocycles. The summed E-state index contributed by atoms with van der Waals surface area (Å²) in [5.74, 6) is 0.0281. The van der Waals surface area contributed by atoms with Crippen LogP contribution < -0.4 is 10.6 Å². The van der Waals surface area contributed by atoms with Crippen molar-refractivity contribution in [3.8, 4) is 0 Å². The lowest BCUT2D eigenvalue weighted by molar-refractivity contribution is -0.120. The number of nitrogens with one attached hydrogen (secondary N) is 2. The molecule has 25 heavy (non-hydrogen) atoms. The maximum Gasteiger partial charge on any atom is 0.251 e. The lowest BCUT2D eigenvalue weighted by Gasteiger charge is -2.15. The zero-order valence-corrected chi connectivity index (χ0v) is 16.2. The summed E-state index contributed by atoms with van der Waals surface area (Å²) in [4.78, 5) is 24.4. The molecule has 1 rings (SSSR count). The fourth-order valence-electron chi connectivity index (χ4n) is 2.87. The van der Waals surface area contributed by atoms with E-state index < -0.39 is 0 Å². The van der Waals surface area contributed by atoms with Gasteiger partial charge in [0.1, 0.15) is 0 Å². The summed E-state index contributed by atoms with van der Waals surface area (Å²) in [7, 11) is 0. The summed E-state index contributed by atoms with van der Waals surface area (Å²) in [5.41, 5.74) is 1.36. The molecule has 4 nitrogen and oxygen atoms in total. The van der Waals surface area contributed by atoms with Gasteiger partial charge in [-0.2, -0.15) is 0 Å². The van der Waals surface area contributed by atoms with Crippen LogP contribution in [0.15, 0.2) is 24.3 Å². The minimum absolute atomic E-state index is 0.0385. The van der Waals surface area contributed by atoms with E-state index in [-0.39, 0.29) is 23.8 Å². The molecule has 0 aliphatic rings. The fourth-order valence-corrected chi connectivity index (χ4v) is 2.87. The lowest BCUT2D eigenvalue weighted by Crippen LogP contribution is -2.32. The minimum Gasteiger partial charge on any atom is -0.350 e. The standard InChI is InChI=1S/C21H34N2O2/c1-5-8-9-10-11-16(4)22-21(25)18-12-14-19(15-13-18)23-20(24)17(6-2)7-3/h12-17H,5-11H2,1-4H3,(H,22,25)(H,23,24). The number of amides is 2. The zero-order chi connectivity index (χ0) is 18.7. The third-order valence-corrected chi connectivity index (χ3v) is 4.64. The molecule has 0 radical (unpaired) electrons. The molecule has 0 aliphatic carbocycles. The van der Waals surface area contributed by atoms with E-state index in [2.05, 4.69) is 17.6 Å². The Morgan fingerprint density at radius 1 is 0.960 bits per heavy atom. The number of carbonyl (C=O) groups is 2. The van der Waals surface area contributed by atoms with Gasteiger partial charge in [0.15, 0.2) is 0 Å². The van der Waals surface area contributed by atoms with Gasteiger partial charge in [0.25, 0.3) is 5.91 Å². The Labute approximate surface area is 152 Å². The largest absolute Gasteiger partial charge is 0.350 e. The monoisotopic (exact) mass is 346 g/mol. The molecular weight excluding hydrogens is 312 g/mol. The smallest absolute Gasteiger partial charge is 0.251 e. The predicted octanol–water partition coefficient (Wildman–Crippen LogP) is 5.15. The van der Waals surface area contributed by atoms with Crippen molar-refractivity contribution in [3.05, 3.63) is 29.8 Å². The second-order valence-electron chi connectivity index (χ2n) is 6.80. The van der Waals surface area contributed by atoms with E-state index in [4.69, 9.17) is 0 Å². The molecule has 1 unspecified atom stereocenters. The Balaban J connectivity index is 2.49. The van der Waals surface area contributed by atoms with Gasteiger partial charge >= 0.3 is 0 Å². The van der Waals surface area contributed by atoms with Crippen molar-refractivity contribution in [1.82, 2.24) is 5.32 Å². The first-order valence-electron chi connectivity index (χ1n) is 9.73. The first-order valence-corrected chi connectivity index (χ1v) is 9.73. The molecule has 140 valence electrons. The average molecular weight is 347 g/mol. The third-order valence-electron chi connectivity index (χ3n) is 4.64. The quantitative estimate of drug-likeness (QED) is 0.544. The van der Waals surface area contributed by atoms with Crippen LogP contribution in [0.2, 0.25) is 0 Å². The molecule has 4 heteroatoms. The van der Waals surface area contributed by atoms with Gasteiger partial charge in [-0.1, -0.05) is 46.5 Å². The van der Waals surface area contributed by atoms with Gasteiger partial charge in [0.05, 0.1) is 0 Å². The molecule has 1 atom stereocenters. The van der Waals surface area contributed by atoms with Crippen LogP contribution in [0.25, 0.3) is 0 Å². The van der Waals surface area contributed by atoms with E-state index in [0.717, 1.165) is 31.4 Å².